The molecule has 2 aromatic carbocycles. The Hall–Kier alpha value is -3.75. The van der Waals surface area contributed by atoms with Crippen LogP contribution in [0.15, 0.2) is 48.5 Å². The monoisotopic (exact) mass is 420 g/mol. The summed E-state index contributed by atoms with van der Waals surface area (Å²) < 4.78 is 5.05. The van der Waals surface area contributed by atoms with Crippen molar-refractivity contribution in [3.8, 4) is 22.5 Å². The topological polar surface area (TPSA) is 113 Å². The fraction of sp³-hybridized carbons (Fsp3) is 0.318. The fourth-order valence-corrected chi connectivity index (χ4v) is 3.78. The van der Waals surface area contributed by atoms with Gasteiger partial charge in [-0.3, -0.25) is 9.69 Å². The van der Waals surface area contributed by atoms with Crippen molar-refractivity contribution in [3.63, 3.8) is 0 Å². The van der Waals surface area contributed by atoms with E-state index in [0.29, 0.717) is 31.9 Å². The summed E-state index contributed by atoms with van der Waals surface area (Å²) in [4.78, 5) is 26.2. The Morgan fingerprint density at radius 2 is 1.94 bits per heavy atom. The van der Waals surface area contributed by atoms with Crippen LogP contribution < -0.4 is 5.32 Å². The van der Waals surface area contributed by atoms with Crippen LogP contribution in [0.4, 0.5) is 4.79 Å². The van der Waals surface area contributed by atoms with E-state index in [9.17, 15) is 9.59 Å². The normalized spacial score (nSPS) is 15.6. The second-order valence-corrected chi connectivity index (χ2v) is 7.25. The molecule has 2 amide bonds. The number of amides is 2. The third kappa shape index (κ3) is 4.55. The largest absolute Gasteiger partial charge is 0.450 e. The summed E-state index contributed by atoms with van der Waals surface area (Å²) in [6.45, 7) is 2.99. The highest BCUT2D eigenvalue weighted by atomic mass is 16.6. The minimum absolute atomic E-state index is 0.155. The highest BCUT2D eigenvalue weighted by Gasteiger charge is 2.34. The number of tetrazole rings is 1. The number of carbonyl (C=O) groups is 2. The molecule has 2 heterocycles. The van der Waals surface area contributed by atoms with Crippen LogP contribution in [-0.2, 0) is 16.1 Å². The standard InChI is InChI=1S/C22H24N6O3/c1-2-31-22(30)28-13-5-8-19(28)21(29)23-14-15-9-11-16(12-10-15)17-6-3-4-7-18(17)20-24-26-27-25-20/h3-4,6-7,9-12,19H,2,5,8,13-14H2,1H3,(H,23,29)(H,24,25,26,27). The van der Waals surface area contributed by atoms with Gasteiger partial charge in [-0.25, -0.2) is 4.79 Å². The minimum Gasteiger partial charge on any atom is -0.450 e. The van der Waals surface area contributed by atoms with Crippen molar-refractivity contribution in [2.24, 2.45) is 0 Å². The number of likely N-dealkylation sites (tertiary alicyclic amines) is 1. The van der Waals surface area contributed by atoms with Gasteiger partial charge in [0.1, 0.15) is 6.04 Å². The van der Waals surface area contributed by atoms with E-state index in [0.717, 1.165) is 28.7 Å². The molecule has 1 saturated heterocycles. The van der Waals surface area contributed by atoms with E-state index in [4.69, 9.17) is 4.74 Å². The molecule has 1 aliphatic heterocycles. The third-order valence-electron chi connectivity index (χ3n) is 5.30. The molecule has 1 aromatic heterocycles. The zero-order chi connectivity index (χ0) is 21.6. The highest BCUT2D eigenvalue weighted by molar-refractivity contribution is 5.86. The van der Waals surface area contributed by atoms with Crippen molar-refractivity contribution in [2.75, 3.05) is 13.2 Å². The molecule has 0 aliphatic carbocycles. The number of ether oxygens (including phenoxy) is 1. The van der Waals surface area contributed by atoms with Gasteiger partial charge in [0, 0.05) is 18.7 Å². The van der Waals surface area contributed by atoms with Gasteiger partial charge < -0.3 is 10.1 Å². The number of H-pyrrole nitrogens is 1. The number of nitrogens with zero attached hydrogens (tertiary/aromatic N) is 4. The van der Waals surface area contributed by atoms with Crippen LogP contribution >= 0.6 is 0 Å². The molecule has 9 nitrogen and oxygen atoms in total. The smallest absolute Gasteiger partial charge is 0.410 e. The molecule has 1 fully saturated rings. The molecule has 0 radical (unpaired) electrons. The SMILES string of the molecule is CCOC(=O)N1CCCC1C(=O)NCc1ccc(-c2ccccc2-c2nn[nH]n2)cc1. The van der Waals surface area contributed by atoms with E-state index < -0.39 is 12.1 Å². The maximum absolute atomic E-state index is 12.6. The van der Waals surface area contributed by atoms with Crippen molar-refractivity contribution in [1.29, 1.82) is 0 Å². The Kier molecular flexibility index (Phi) is 6.21. The molecule has 160 valence electrons. The molecule has 9 heteroatoms. The van der Waals surface area contributed by atoms with Crippen LogP contribution in [0.1, 0.15) is 25.3 Å². The molecule has 0 saturated carbocycles. The van der Waals surface area contributed by atoms with E-state index in [1.54, 1.807) is 6.92 Å². The Bertz CT molecular complexity index is 1040. The van der Waals surface area contributed by atoms with E-state index in [1.807, 2.05) is 48.5 Å². The molecular weight excluding hydrogens is 396 g/mol. The van der Waals surface area contributed by atoms with Crippen molar-refractivity contribution in [2.45, 2.75) is 32.4 Å². The van der Waals surface area contributed by atoms with E-state index in [2.05, 4.69) is 25.9 Å². The molecule has 0 spiro atoms. The fourth-order valence-electron chi connectivity index (χ4n) is 3.78. The minimum atomic E-state index is -0.472. The number of hydrogen-bond donors (Lipinski definition) is 2. The Morgan fingerprint density at radius 1 is 1.16 bits per heavy atom. The average Bonchev–Trinajstić information content (AvgIpc) is 3.50. The van der Waals surface area contributed by atoms with Gasteiger partial charge in [0.2, 0.25) is 11.7 Å². The first-order valence-electron chi connectivity index (χ1n) is 10.3. The lowest BCUT2D eigenvalue weighted by atomic mass is 9.98. The van der Waals surface area contributed by atoms with Gasteiger partial charge in [-0.15, -0.1) is 10.2 Å². The van der Waals surface area contributed by atoms with E-state index >= 15 is 0 Å². The summed E-state index contributed by atoms with van der Waals surface area (Å²) in [5.41, 5.74) is 3.86. The first kappa shape index (κ1) is 20.5. The van der Waals surface area contributed by atoms with Crippen LogP contribution in [-0.4, -0.2) is 56.7 Å². The third-order valence-corrected chi connectivity index (χ3v) is 5.30. The van der Waals surface area contributed by atoms with Crippen LogP contribution in [0.2, 0.25) is 0 Å². The first-order chi connectivity index (χ1) is 15.2. The Balaban J connectivity index is 1.41. The number of carbonyl (C=O) groups excluding carboxylic acids is 2. The molecule has 0 bridgehead atoms. The molecule has 31 heavy (non-hydrogen) atoms. The second kappa shape index (κ2) is 9.38. The summed E-state index contributed by atoms with van der Waals surface area (Å²) in [6, 6.07) is 15.3. The summed E-state index contributed by atoms with van der Waals surface area (Å²) in [6.07, 6.45) is 1.02. The van der Waals surface area contributed by atoms with Crippen LogP contribution in [0, 0.1) is 0 Å². The summed E-state index contributed by atoms with van der Waals surface area (Å²) >= 11 is 0. The van der Waals surface area contributed by atoms with Gasteiger partial charge in [-0.1, -0.05) is 48.5 Å². The molecule has 1 atom stereocenters. The first-order valence-corrected chi connectivity index (χ1v) is 10.3. The van der Waals surface area contributed by atoms with Crippen molar-refractivity contribution >= 4 is 12.0 Å². The van der Waals surface area contributed by atoms with Gasteiger partial charge in [-0.05, 0) is 41.7 Å². The molecular formula is C22H24N6O3. The number of nitrogens with one attached hydrogen (secondary N) is 2. The molecule has 2 N–H and O–H groups in total. The van der Waals surface area contributed by atoms with Crippen LogP contribution in [0.25, 0.3) is 22.5 Å². The van der Waals surface area contributed by atoms with Crippen molar-refractivity contribution in [3.05, 3.63) is 54.1 Å². The van der Waals surface area contributed by atoms with Gasteiger partial charge in [0.25, 0.3) is 0 Å². The lowest BCUT2D eigenvalue weighted by Crippen LogP contribution is -2.45. The Morgan fingerprint density at radius 3 is 2.65 bits per heavy atom. The quantitative estimate of drug-likeness (QED) is 0.634. The molecule has 3 aromatic rings. The molecule has 1 aliphatic rings. The maximum Gasteiger partial charge on any atom is 0.410 e. The van der Waals surface area contributed by atoms with Crippen molar-refractivity contribution < 1.29 is 14.3 Å². The van der Waals surface area contributed by atoms with Gasteiger partial charge in [0.05, 0.1) is 6.61 Å². The molecule has 4 rings (SSSR count). The van der Waals surface area contributed by atoms with Gasteiger partial charge >= 0.3 is 6.09 Å². The predicted octanol–water partition coefficient (Wildman–Crippen LogP) is 2.77. The number of hydrogen-bond acceptors (Lipinski definition) is 6. The van der Waals surface area contributed by atoms with E-state index in [1.165, 1.54) is 4.90 Å². The van der Waals surface area contributed by atoms with Crippen LogP contribution in [0.3, 0.4) is 0 Å². The number of rotatable bonds is 6. The van der Waals surface area contributed by atoms with E-state index in [-0.39, 0.29) is 5.91 Å². The molecule has 1 unspecified atom stereocenters. The maximum atomic E-state index is 12.6. The highest BCUT2D eigenvalue weighted by Crippen LogP contribution is 2.29. The predicted molar refractivity (Wildman–Crippen MR) is 114 cm³/mol. The summed E-state index contributed by atoms with van der Waals surface area (Å²) in [5, 5.41) is 17.2. The number of benzene rings is 2. The number of aromatic amines is 1. The second-order valence-electron chi connectivity index (χ2n) is 7.25. The average molecular weight is 420 g/mol. The summed E-state index contributed by atoms with van der Waals surface area (Å²) in [7, 11) is 0. The number of aromatic nitrogens is 4. The van der Waals surface area contributed by atoms with Crippen LogP contribution in [0.5, 0.6) is 0 Å². The van der Waals surface area contributed by atoms with Gasteiger partial charge in [-0.2, -0.15) is 5.21 Å². The zero-order valence-electron chi connectivity index (χ0n) is 17.2. The lowest BCUT2D eigenvalue weighted by molar-refractivity contribution is -0.125. The summed E-state index contributed by atoms with van der Waals surface area (Å²) in [5.74, 6) is 0.381. The van der Waals surface area contributed by atoms with Crippen molar-refractivity contribution in [1.82, 2.24) is 30.8 Å². The Labute approximate surface area is 179 Å². The van der Waals surface area contributed by atoms with Gasteiger partial charge in [0.15, 0.2) is 0 Å². The zero-order valence-corrected chi connectivity index (χ0v) is 17.2. The lowest BCUT2D eigenvalue weighted by Gasteiger charge is -2.23.